The summed E-state index contributed by atoms with van der Waals surface area (Å²) in [4.78, 5) is 35.9. The zero-order valence-electron chi connectivity index (χ0n) is 19.0. The predicted molar refractivity (Wildman–Crippen MR) is 134 cm³/mol. The number of nitrogens with zero attached hydrogens (tertiary/aromatic N) is 1. The van der Waals surface area contributed by atoms with Crippen molar-refractivity contribution in [3.05, 3.63) is 101 Å². The van der Waals surface area contributed by atoms with E-state index in [1.807, 2.05) is 37.3 Å². The molecule has 180 valence electrons. The molecule has 0 bridgehead atoms. The molecule has 9 heteroatoms. The number of hydrogen-bond donors (Lipinski definition) is 3. The first-order valence-corrected chi connectivity index (χ1v) is 11.2. The number of carbonyl (C=O) groups excluding carboxylic acids is 3. The van der Waals surface area contributed by atoms with E-state index in [-0.39, 0.29) is 25.1 Å². The Morgan fingerprint density at radius 3 is 2.31 bits per heavy atom. The number of hydrogen-bond acceptors (Lipinski definition) is 5. The van der Waals surface area contributed by atoms with Gasteiger partial charge >= 0.3 is 11.8 Å². The number of hydrazone groups is 1. The molecule has 0 aliphatic carbocycles. The number of amides is 3. The second kappa shape index (κ2) is 12.9. The van der Waals surface area contributed by atoms with Gasteiger partial charge in [-0.3, -0.25) is 14.4 Å². The van der Waals surface area contributed by atoms with Crippen LogP contribution in [-0.2, 0) is 20.9 Å². The molecule has 0 spiro atoms. The lowest BCUT2D eigenvalue weighted by Crippen LogP contribution is -2.37. The Kier molecular flexibility index (Phi) is 9.39. The fraction of sp³-hybridized carbons (Fsp3) is 0.154. The van der Waals surface area contributed by atoms with Crippen molar-refractivity contribution in [2.45, 2.75) is 19.5 Å². The van der Waals surface area contributed by atoms with E-state index in [1.165, 1.54) is 6.21 Å². The highest BCUT2D eigenvalue weighted by Gasteiger charge is 2.12. The number of halogens is 1. The highest BCUT2D eigenvalue weighted by atomic mass is 35.5. The average molecular weight is 493 g/mol. The molecule has 0 saturated heterocycles. The molecule has 0 heterocycles. The van der Waals surface area contributed by atoms with Crippen LogP contribution in [-0.4, -0.2) is 30.5 Å². The third-order valence-corrected chi connectivity index (χ3v) is 5.13. The van der Waals surface area contributed by atoms with Crippen molar-refractivity contribution in [1.29, 1.82) is 0 Å². The highest BCUT2D eigenvalue weighted by molar-refractivity contribution is 6.35. The molecule has 0 radical (unpaired) electrons. The van der Waals surface area contributed by atoms with Gasteiger partial charge in [0.15, 0.2) is 6.61 Å². The Labute approximate surface area is 208 Å². The zero-order valence-corrected chi connectivity index (χ0v) is 19.8. The highest BCUT2D eigenvalue weighted by Crippen LogP contribution is 2.13. The van der Waals surface area contributed by atoms with Gasteiger partial charge < -0.3 is 15.4 Å². The molecular formula is C26H25ClN4O4. The van der Waals surface area contributed by atoms with Crippen LogP contribution in [0.3, 0.4) is 0 Å². The van der Waals surface area contributed by atoms with Crippen LogP contribution in [0.5, 0.6) is 5.75 Å². The maximum absolute atomic E-state index is 12.1. The van der Waals surface area contributed by atoms with E-state index in [2.05, 4.69) is 21.2 Å². The lowest BCUT2D eigenvalue weighted by Gasteiger charge is -2.14. The van der Waals surface area contributed by atoms with E-state index in [4.69, 9.17) is 16.3 Å². The summed E-state index contributed by atoms with van der Waals surface area (Å²) in [5.41, 5.74) is 4.66. The van der Waals surface area contributed by atoms with Crippen LogP contribution in [0.4, 0.5) is 0 Å². The first-order valence-electron chi connectivity index (χ1n) is 10.8. The fourth-order valence-corrected chi connectivity index (χ4v) is 3.11. The molecule has 8 nitrogen and oxygen atoms in total. The largest absolute Gasteiger partial charge is 0.484 e. The summed E-state index contributed by atoms with van der Waals surface area (Å²) >= 11 is 5.81. The molecule has 3 aromatic rings. The molecule has 3 amide bonds. The van der Waals surface area contributed by atoms with E-state index in [1.54, 1.807) is 48.5 Å². The minimum Gasteiger partial charge on any atom is -0.484 e. The smallest absolute Gasteiger partial charge is 0.329 e. The van der Waals surface area contributed by atoms with Gasteiger partial charge in [0.2, 0.25) is 0 Å². The molecule has 3 aromatic carbocycles. The summed E-state index contributed by atoms with van der Waals surface area (Å²) in [5.74, 6) is -1.41. The van der Waals surface area contributed by atoms with Crippen molar-refractivity contribution in [2.75, 3.05) is 6.61 Å². The van der Waals surface area contributed by atoms with E-state index < -0.39 is 11.8 Å². The number of nitrogens with one attached hydrogen (secondary N) is 3. The van der Waals surface area contributed by atoms with Crippen LogP contribution in [0.2, 0.25) is 5.02 Å². The predicted octanol–water partition coefficient (Wildman–Crippen LogP) is 3.36. The topological polar surface area (TPSA) is 109 Å². The third-order valence-electron chi connectivity index (χ3n) is 4.88. The molecule has 3 rings (SSSR count). The van der Waals surface area contributed by atoms with Crippen molar-refractivity contribution in [3.63, 3.8) is 0 Å². The minimum absolute atomic E-state index is 0.119. The van der Waals surface area contributed by atoms with Crippen LogP contribution in [0.1, 0.15) is 29.7 Å². The summed E-state index contributed by atoms with van der Waals surface area (Å²) in [5, 5.41) is 9.76. The minimum atomic E-state index is -0.883. The Bertz CT molecular complexity index is 1170. The van der Waals surface area contributed by atoms with E-state index in [9.17, 15) is 14.4 Å². The van der Waals surface area contributed by atoms with Crippen LogP contribution in [0.15, 0.2) is 84.0 Å². The van der Waals surface area contributed by atoms with Crippen LogP contribution >= 0.6 is 11.6 Å². The van der Waals surface area contributed by atoms with Crippen molar-refractivity contribution >= 4 is 35.5 Å². The second-order valence-corrected chi connectivity index (χ2v) is 8.00. The second-order valence-electron chi connectivity index (χ2n) is 7.57. The van der Waals surface area contributed by atoms with Crippen molar-refractivity contribution in [3.8, 4) is 5.75 Å². The van der Waals surface area contributed by atoms with Gasteiger partial charge in [0.25, 0.3) is 5.91 Å². The first-order chi connectivity index (χ1) is 16.9. The average Bonchev–Trinajstić information content (AvgIpc) is 2.88. The molecular weight excluding hydrogens is 468 g/mol. The number of carbonyl (C=O) groups is 3. The zero-order chi connectivity index (χ0) is 25.0. The lowest BCUT2D eigenvalue weighted by molar-refractivity contribution is -0.139. The van der Waals surface area contributed by atoms with E-state index in [0.29, 0.717) is 16.3 Å². The molecule has 0 aliphatic heterocycles. The Morgan fingerprint density at radius 1 is 0.943 bits per heavy atom. The maximum Gasteiger partial charge on any atom is 0.329 e. The standard InChI is InChI=1S/C26H25ClN4O4/c1-18(21-5-3-2-4-6-21)30-24(32)17-35-23-13-9-20(10-14-23)16-29-31-26(34)25(33)28-15-19-7-11-22(27)12-8-19/h2-14,16,18H,15,17H2,1H3,(H,28,33)(H,30,32)(H,31,34)/b29-16-/t18-/m0/s1. The molecule has 35 heavy (non-hydrogen) atoms. The van der Waals surface area contributed by atoms with Gasteiger partial charge in [0, 0.05) is 11.6 Å². The van der Waals surface area contributed by atoms with Crippen LogP contribution < -0.4 is 20.8 Å². The molecule has 0 saturated carbocycles. The Balaban J connectivity index is 1.38. The van der Waals surface area contributed by atoms with Gasteiger partial charge in [-0.25, -0.2) is 5.43 Å². The summed E-state index contributed by atoms with van der Waals surface area (Å²) in [6.07, 6.45) is 1.39. The fourth-order valence-electron chi connectivity index (χ4n) is 2.99. The quantitative estimate of drug-likeness (QED) is 0.242. The maximum atomic E-state index is 12.1. The lowest BCUT2D eigenvalue weighted by atomic mass is 10.1. The number of benzene rings is 3. The van der Waals surface area contributed by atoms with Gasteiger partial charge in [-0.05, 0) is 60.0 Å². The van der Waals surface area contributed by atoms with E-state index >= 15 is 0 Å². The summed E-state index contributed by atoms with van der Waals surface area (Å²) < 4.78 is 5.52. The molecule has 1 atom stereocenters. The van der Waals surface area contributed by atoms with Crippen molar-refractivity contribution in [2.24, 2.45) is 5.10 Å². The van der Waals surface area contributed by atoms with E-state index in [0.717, 1.165) is 11.1 Å². The van der Waals surface area contributed by atoms with Gasteiger partial charge in [-0.2, -0.15) is 5.10 Å². The molecule has 0 unspecified atom stereocenters. The summed E-state index contributed by atoms with van der Waals surface area (Å²) in [7, 11) is 0. The van der Waals surface area contributed by atoms with Crippen molar-refractivity contribution in [1.82, 2.24) is 16.1 Å². The van der Waals surface area contributed by atoms with Gasteiger partial charge in [0.05, 0.1) is 12.3 Å². The summed E-state index contributed by atoms with van der Waals surface area (Å²) in [6.45, 7) is 1.98. The SMILES string of the molecule is C[C@H](NC(=O)COc1ccc(/C=N\NC(=O)C(=O)NCc2ccc(Cl)cc2)cc1)c1ccccc1. The third kappa shape index (κ3) is 8.60. The monoisotopic (exact) mass is 492 g/mol. The van der Waals surface area contributed by atoms with Gasteiger partial charge in [-0.15, -0.1) is 0 Å². The van der Waals surface area contributed by atoms with Crippen molar-refractivity contribution < 1.29 is 19.1 Å². The Hall–Kier alpha value is -4.17. The molecule has 3 N–H and O–H groups in total. The van der Waals surface area contributed by atoms with Gasteiger partial charge in [0.1, 0.15) is 5.75 Å². The molecule has 0 aromatic heterocycles. The molecule has 0 aliphatic rings. The van der Waals surface area contributed by atoms with Gasteiger partial charge in [-0.1, -0.05) is 54.1 Å². The normalized spacial score (nSPS) is 11.5. The van der Waals surface area contributed by atoms with Crippen LogP contribution in [0, 0.1) is 0 Å². The first kappa shape index (κ1) is 25.5. The number of ether oxygens (including phenoxy) is 1. The molecule has 0 fully saturated rings. The summed E-state index contributed by atoms with van der Waals surface area (Å²) in [6, 6.07) is 23.2. The number of rotatable bonds is 9. The van der Waals surface area contributed by atoms with Crippen LogP contribution in [0.25, 0.3) is 0 Å². The Morgan fingerprint density at radius 2 is 1.63 bits per heavy atom.